The molecule has 0 radical (unpaired) electrons. The molecule has 0 fully saturated rings. The summed E-state index contributed by atoms with van der Waals surface area (Å²) >= 11 is 0. The largest absolute Gasteiger partial charge is 0.273 e. The number of nitrogens with one attached hydrogen (secondary N) is 1. The van der Waals surface area contributed by atoms with Gasteiger partial charge in [-0.1, -0.05) is 30.3 Å². The fraction of sp³-hybridized carbons (Fsp3) is 0.273. The van der Waals surface area contributed by atoms with Crippen LogP contribution >= 0.6 is 0 Å². The second-order valence-electron chi connectivity index (χ2n) is 3.62. The van der Waals surface area contributed by atoms with Gasteiger partial charge in [-0.2, -0.15) is 0 Å². The molecule has 1 aromatic carbocycles. The number of hydrogen-bond donors (Lipinski definition) is 1. The van der Waals surface area contributed by atoms with E-state index >= 15 is 0 Å². The average molecular weight is 247 g/mol. The molecule has 7 heteroatoms. The van der Waals surface area contributed by atoms with Crippen molar-refractivity contribution in [2.45, 2.75) is 19.6 Å². The van der Waals surface area contributed by atoms with Crippen LogP contribution in [0.1, 0.15) is 12.0 Å². The molecule has 1 heterocycles. The van der Waals surface area contributed by atoms with Gasteiger partial charge in [0, 0.05) is 6.42 Å². The molecule has 1 N–H and O–H groups in total. The molecule has 0 saturated heterocycles. The SMILES string of the molecule is O=C(CCn1cnnn1)NOCc1ccccc1. The minimum absolute atomic E-state index is 0.207. The predicted molar refractivity (Wildman–Crippen MR) is 61.8 cm³/mol. The first-order chi connectivity index (χ1) is 8.84. The van der Waals surface area contributed by atoms with E-state index in [1.54, 1.807) is 0 Å². The molecule has 0 bridgehead atoms. The highest BCUT2D eigenvalue weighted by atomic mass is 16.6. The van der Waals surface area contributed by atoms with Gasteiger partial charge in [-0.3, -0.25) is 9.63 Å². The van der Waals surface area contributed by atoms with E-state index in [0.717, 1.165) is 5.56 Å². The molecular weight excluding hydrogens is 234 g/mol. The van der Waals surface area contributed by atoms with Crippen LogP contribution in [0.4, 0.5) is 0 Å². The van der Waals surface area contributed by atoms with E-state index in [2.05, 4.69) is 21.0 Å². The number of hydroxylamine groups is 1. The maximum atomic E-state index is 11.4. The minimum Gasteiger partial charge on any atom is -0.273 e. The van der Waals surface area contributed by atoms with Crippen molar-refractivity contribution in [1.29, 1.82) is 0 Å². The minimum atomic E-state index is -0.207. The lowest BCUT2D eigenvalue weighted by Gasteiger charge is -2.05. The van der Waals surface area contributed by atoms with Gasteiger partial charge in [0.2, 0.25) is 5.91 Å². The van der Waals surface area contributed by atoms with E-state index in [1.165, 1.54) is 11.0 Å². The number of benzene rings is 1. The summed E-state index contributed by atoms with van der Waals surface area (Å²) in [5, 5.41) is 10.6. The summed E-state index contributed by atoms with van der Waals surface area (Å²) in [6.07, 6.45) is 1.72. The lowest BCUT2D eigenvalue weighted by Crippen LogP contribution is -2.24. The number of aryl methyl sites for hydroxylation is 1. The average Bonchev–Trinajstić information content (AvgIpc) is 2.91. The summed E-state index contributed by atoms with van der Waals surface area (Å²) in [5.41, 5.74) is 3.37. The normalized spacial score (nSPS) is 10.2. The summed E-state index contributed by atoms with van der Waals surface area (Å²) in [6.45, 7) is 0.769. The molecule has 0 aliphatic heterocycles. The molecule has 7 nitrogen and oxygen atoms in total. The van der Waals surface area contributed by atoms with Crippen molar-refractivity contribution >= 4 is 5.91 Å². The number of tetrazole rings is 1. The summed E-state index contributed by atoms with van der Waals surface area (Å²) in [5.74, 6) is -0.207. The molecule has 0 aliphatic rings. The maximum absolute atomic E-state index is 11.4. The smallest absolute Gasteiger partial charge is 0.245 e. The molecule has 0 unspecified atom stereocenters. The third kappa shape index (κ3) is 3.95. The maximum Gasteiger partial charge on any atom is 0.245 e. The standard InChI is InChI=1S/C11H13N5O2/c17-11(6-7-16-9-12-14-15-16)13-18-8-10-4-2-1-3-5-10/h1-5,9H,6-8H2,(H,13,17). The number of rotatable bonds is 6. The zero-order valence-electron chi connectivity index (χ0n) is 9.69. The van der Waals surface area contributed by atoms with Gasteiger partial charge in [0.1, 0.15) is 6.33 Å². The third-order valence-electron chi connectivity index (χ3n) is 2.23. The molecule has 18 heavy (non-hydrogen) atoms. The molecular formula is C11H13N5O2. The Balaban J connectivity index is 1.63. The van der Waals surface area contributed by atoms with Crippen molar-refractivity contribution in [3.8, 4) is 0 Å². The molecule has 2 aromatic rings. The molecule has 0 aliphatic carbocycles. The summed E-state index contributed by atoms with van der Waals surface area (Å²) < 4.78 is 1.48. The Kier molecular flexibility index (Phi) is 4.37. The second kappa shape index (κ2) is 6.45. The second-order valence-corrected chi connectivity index (χ2v) is 3.62. The Hall–Kier alpha value is -2.28. The van der Waals surface area contributed by atoms with E-state index in [4.69, 9.17) is 4.84 Å². The Labute approximate surface area is 104 Å². The van der Waals surface area contributed by atoms with Crippen LogP contribution in [-0.4, -0.2) is 26.1 Å². The highest BCUT2D eigenvalue weighted by Gasteiger charge is 2.02. The highest BCUT2D eigenvalue weighted by Crippen LogP contribution is 1.99. The van der Waals surface area contributed by atoms with E-state index in [-0.39, 0.29) is 12.3 Å². The van der Waals surface area contributed by atoms with Crippen LogP contribution in [0.5, 0.6) is 0 Å². The lowest BCUT2D eigenvalue weighted by molar-refractivity contribution is -0.134. The highest BCUT2D eigenvalue weighted by molar-refractivity contribution is 5.74. The number of hydrogen-bond acceptors (Lipinski definition) is 5. The molecule has 0 spiro atoms. The Morgan fingerprint density at radius 1 is 1.33 bits per heavy atom. The Bertz CT molecular complexity index is 471. The summed E-state index contributed by atoms with van der Waals surface area (Å²) in [7, 11) is 0. The molecule has 2 rings (SSSR count). The van der Waals surface area contributed by atoms with E-state index in [9.17, 15) is 4.79 Å². The van der Waals surface area contributed by atoms with Crippen LogP contribution < -0.4 is 5.48 Å². The van der Waals surface area contributed by atoms with Gasteiger partial charge in [0.15, 0.2) is 0 Å². The summed E-state index contributed by atoms with van der Waals surface area (Å²) in [6, 6.07) is 9.60. The van der Waals surface area contributed by atoms with E-state index in [0.29, 0.717) is 13.2 Å². The van der Waals surface area contributed by atoms with E-state index in [1.807, 2.05) is 30.3 Å². The third-order valence-corrected chi connectivity index (χ3v) is 2.23. The number of aromatic nitrogens is 4. The van der Waals surface area contributed by atoms with Gasteiger partial charge < -0.3 is 0 Å². The van der Waals surface area contributed by atoms with Crippen molar-refractivity contribution in [3.63, 3.8) is 0 Å². The molecule has 94 valence electrons. The molecule has 1 aromatic heterocycles. The van der Waals surface area contributed by atoms with Crippen molar-refractivity contribution in [1.82, 2.24) is 25.7 Å². The molecule has 1 amide bonds. The molecule has 0 atom stereocenters. The van der Waals surface area contributed by atoms with Crippen molar-refractivity contribution in [2.24, 2.45) is 0 Å². The number of carbonyl (C=O) groups is 1. The number of nitrogens with zero attached hydrogens (tertiary/aromatic N) is 4. The fourth-order valence-electron chi connectivity index (χ4n) is 1.32. The van der Waals surface area contributed by atoms with Gasteiger partial charge in [0.05, 0.1) is 13.2 Å². The van der Waals surface area contributed by atoms with Gasteiger partial charge in [-0.15, -0.1) is 5.10 Å². The lowest BCUT2D eigenvalue weighted by atomic mass is 10.2. The number of carbonyl (C=O) groups excluding carboxylic acids is 1. The predicted octanol–water partition coefficient (Wildman–Crippen LogP) is 0.311. The van der Waals surface area contributed by atoms with E-state index < -0.39 is 0 Å². The number of amides is 1. The van der Waals surface area contributed by atoms with Crippen LogP contribution in [0.25, 0.3) is 0 Å². The van der Waals surface area contributed by atoms with Crippen LogP contribution in [0.15, 0.2) is 36.7 Å². The first-order valence-corrected chi connectivity index (χ1v) is 5.50. The molecule has 0 saturated carbocycles. The van der Waals surface area contributed by atoms with Gasteiger partial charge in [-0.25, -0.2) is 10.2 Å². The monoisotopic (exact) mass is 247 g/mol. The Morgan fingerprint density at radius 3 is 2.89 bits per heavy atom. The Morgan fingerprint density at radius 2 is 2.17 bits per heavy atom. The van der Waals surface area contributed by atoms with Crippen molar-refractivity contribution < 1.29 is 9.63 Å². The quantitative estimate of drug-likeness (QED) is 0.743. The summed E-state index contributed by atoms with van der Waals surface area (Å²) in [4.78, 5) is 16.5. The van der Waals surface area contributed by atoms with Crippen LogP contribution in [0, 0.1) is 0 Å². The fourth-order valence-corrected chi connectivity index (χ4v) is 1.32. The van der Waals surface area contributed by atoms with Gasteiger partial charge in [-0.05, 0) is 16.0 Å². The van der Waals surface area contributed by atoms with Gasteiger partial charge >= 0.3 is 0 Å². The van der Waals surface area contributed by atoms with Crippen LogP contribution in [-0.2, 0) is 22.8 Å². The zero-order valence-corrected chi connectivity index (χ0v) is 9.69. The first kappa shape index (κ1) is 12.2. The van der Waals surface area contributed by atoms with Crippen molar-refractivity contribution in [3.05, 3.63) is 42.2 Å². The van der Waals surface area contributed by atoms with Crippen molar-refractivity contribution in [2.75, 3.05) is 0 Å². The van der Waals surface area contributed by atoms with Crippen LogP contribution in [0.2, 0.25) is 0 Å². The zero-order chi connectivity index (χ0) is 12.6. The first-order valence-electron chi connectivity index (χ1n) is 5.50. The van der Waals surface area contributed by atoms with Crippen LogP contribution in [0.3, 0.4) is 0 Å². The van der Waals surface area contributed by atoms with Gasteiger partial charge in [0.25, 0.3) is 0 Å². The topological polar surface area (TPSA) is 81.9 Å².